The van der Waals surface area contributed by atoms with Crippen LogP contribution < -0.4 is 0 Å². The first kappa shape index (κ1) is 17.5. The smallest absolute Gasteiger partial charge is 0.335 e. The molecule has 7 rings (SSSR count). The largest absolute Gasteiger partial charge is 0.508 e. The molecule has 4 fully saturated rings. The molecule has 3 aromatic rings. The molecule has 4 bridgehead atoms. The van der Waals surface area contributed by atoms with Gasteiger partial charge in [0.15, 0.2) is 0 Å². The summed E-state index contributed by atoms with van der Waals surface area (Å²) < 4.78 is 1.09. The molecule has 29 heavy (non-hydrogen) atoms. The maximum atomic E-state index is 11.3. The van der Waals surface area contributed by atoms with Crippen molar-refractivity contribution in [2.75, 3.05) is 0 Å². The lowest BCUT2D eigenvalue weighted by molar-refractivity contribution is -0.00611. The number of hydrogen-bond donors (Lipinski definition) is 2. The fourth-order valence-corrected chi connectivity index (χ4v) is 7.91. The van der Waals surface area contributed by atoms with Crippen molar-refractivity contribution in [3.8, 4) is 16.2 Å². The summed E-state index contributed by atoms with van der Waals surface area (Å²) >= 11 is 1.69. The first-order chi connectivity index (χ1) is 14.0. The number of carbonyl (C=O) groups is 1. The number of aromatic hydroxyl groups is 1. The van der Waals surface area contributed by atoms with Gasteiger partial charge in [-0.2, -0.15) is 0 Å². The van der Waals surface area contributed by atoms with Crippen LogP contribution in [0, 0.1) is 17.8 Å². The van der Waals surface area contributed by atoms with E-state index in [1.165, 1.54) is 38.5 Å². The van der Waals surface area contributed by atoms with Gasteiger partial charge in [0.25, 0.3) is 0 Å². The summed E-state index contributed by atoms with van der Waals surface area (Å²) in [6.45, 7) is 0. The second kappa shape index (κ2) is 6.09. The maximum absolute atomic E-state index is 11.3. The quantitative estimate of drug-likeness (QED) is 0.528. The third-order valence-corrected chi connectivity index (χ3v) is 8.82. The van der Waals surface area contributed by atoms with Crippen LogP contribution in [0.2, 0.25) is 0 Å². The third kappa shape index (κ3) is 2.72. The Morgan fingerprint density at radius 3 is 2.28 bits per heavy atom. The fraction of sp³-hybridized carbons (Fsp3) is 0.400. The second-order valence-corrected chi connectivity index (χ2v) is 10.7. The molecule has 0 amide bonds. The minimum atomic E-state index is -0.895. The van der Waals surface area contributed by atoms with Crippen LogP contribution in [0.15, 0.2) is 42.5 Å². The SMILES string of the molecule is O=C(O)c1ccc2sc(-c3ccc(O)c(C45CC6CC(CC(C6)C4)C5)c3)cc2c1. The molecule has 3 nitrogen and oxygen atoms in total. The molecular weight excluding hydrogens is 380 g/mol. The van der Waals surface area contributed by atoms with Crippen LogP contribution in [0.3, 0.4) is 0 Å². The number of thiophene rings is 1. The highest BCUT2D eigenvalue weighted by molar-refractivity contribution is 7.22. The Balaban J connectivity index is 1.43. The Bertz CT molecular complexity index is 1110. The van der Waals surface area contributed by atoms with Crippen LogP contribution in [0.25, 0.3) is 20.5 Å². The van der Waals surface area contributed by atoms with Gasteiger partial charge in [-0.05, 0) is 115 Å². The molecule has 0 saturated heterocycles. The summed E-state index contributed by atoms with van der Waals surface area (Å²) in [6.07, 6.45) is 7.85. The first-order valence-corrected chi connectivity index (χ1v) is 11.4. The molecule has 4 aliphatic carbocycles. The van der Waals surface area contributed by atoms with Crippen molar-refractivity contribution >= 4 is 27.4 Å². The Morgan fingerprint density at radius 1 is 0.931 bits per heavy atom. The molecule has 0 atom stereocenters. The van der Waals surface area contributed by atoms with Gasteiger partial charge in [0.05, 0.1) is 5.56 Å². The van der Waals surface area contributed by atoms with Crippen molar-refractivity contribution in [1.82, 2.24) is 0 Å². The number of carboxylic acids is 1. The van der Waals surface area contributed by atoms with Crippen molar-refractivity contribution < 1.29 is 15.0 Å². The average Bonchev–Trinajstić information content (AvgIpc) is 3.10. The van der Waals surface area contributed by atoms with Gasteiger partial charge in [0.1, 0.15) is 5.75 Å². The van der Waals surface area contributed by atoms with Gasteiger partial charge in [-0.25, -0.2) is 4.79 Å². The summed E-state index contributed by atoms with van der Waals surface area (Å²) in [5.41, 5.74) is 2.76. The normalized spacial score (nSPS) is 30.1. The molecular formula is C25H24O3S. The van der Waals surface area contributed by atoms with E-state index in [4.69, 9.17) is 0 Å². The standard InChI is InChI=1S/C25H24O3S/c26-21-3-1-17(23-10-19-8-18(24(27)28)2-4-22(19)29-23)9-20(21)25-11-14-5-15(12-25)7-16(6-14)13-25/h1-4,8-10,14-16,26H,5-7,11-13H2,(H,27,28). The van der Waals surface area contributed by atoms with Crippen LogP contribution in [0.5, 0.6) is 5.75 Å². The lowest BCUT2D eigenvalue weighted by atomic mass is 9.48. The second-order valence-electron chi connectivity index (χ2n) is 9.60. The Morgan fingerprint density at radius 2 is 1.62 bits per heavy atom. The van der Waals surface area contributed by atoms with Gasteiger partial charge in [-0.15, -0.1) is 11.3 Å². The highest BCUT2D eigenvalue weighted by Gasteiger charge is 2.52. The number of benzene rings is 2. The summed E-state index contributed by atoms with van der Waals surface area (Å²) in [7, 11) is 0. The molecule has 2 N–H and O–H groups in total. The van der Waals surface area contributed by atoms with Crippen LogP contribution in [0.1, 0.15) is 54.4 Å². The van der Waals surface area contributed by atoms with Crippen molar-refractivity contribution in [3.63, 3.8) is 0 Å². The third-order valence-electron chi connectivity index (χ3n) is 7.65. The molecule has 0 aliphatic heterocycles. The monoisotopic (exact) mass is 404 g/mol. The molecule has 0 unspecified atom stereocenters. The van der Waals surface area contributed by atoms with E-state index in [0.29, 0.717) is 11.3 Å². The zero-order chi connectivity index (χ0) is 19.8. The number of fused-ring (bicyclic) bond motifs is 1. The number of phenolic OH excluding ortho intramolecular Hbond substituents is 1. The molecule has 4 aliphatic rings. The number of hydrogen-bond acceptors (Lipinski definition) is 3. The van der Waals surface area contributed by atoms with Crippen LogP contribution in [-0.2, 0) is 5.41 Å². The molecule has 1 aromatic heterocycles. The van der Waals surface area contributed by atoms with Crippen molar-refractivity contribution in [2.45, 2.75) is 43.9 Å². The molecule has 148 valence electrons. The van der Waals surface area contributed by atoms with E-state index in [2.05, 4.69) is 12.1 Å². The van der Waals surface area contributed by atoms with E-state index < -0.39 is 5.97 Å². The van der Waals surface area contributed by atoms with E-state index in [1.807, 2.05) is 18.2 Å². The summed E-state index contributed by atoms with van der Waals surface area (Å²) in [6, 6.07) is 13.5. The molecule has 1 heterocycles. The Kier molecular flexibility index (Phi) is 3.68. The van der Waals surface area contributed by atoms with Crippen molar-refractivity contribution in [3.05, 3.63) is 53.6 Å². The molecule has 0 spiro atoms. The number of phenols is 1. The van der Waals surface area contributed by atoms with Crippen molar-refractivity contribution in [1.29, 1.82) is 0 Å². The first-order valence-electron chi connectivity index (χ1n) is 10.6. The topological polar surface area (TPSA) is 57.5 Å². The molecule has 2 aromatic carbocycles. The van der Waals surface area contributed by atoms with Gasteiger partial charge in [-0.3, -0.25) is 0 Å². The minimum Gasteiger partial charge on any atom is -0.508 e. The average molecular weight is 405 g/mol. The number of carboxylic acid groups (broad SMARTS) is 1. The molecule has 0 radical (unpaired) electrons. The van der Waals surface area contributed by atoms with Gasteiger partial charge in [0, 0.05) is 15.1 Å². The summed E-state index contributed by atoms with van der Waals surface area (Å²) in [4.78, 5) is 12.4. The van der Waals surface area contributed by atoms with E-state index >= 15 is 0 Å². The zero-order valence-electron chi connectivity index (χ0n) is 16.2. The Labute approximate surface area is 174 Å². The lowest BCUT2D eigenvalue weighted by Gasteiger charge is -2.57. The van der Waals surface area contributed by atoms with Crippen LogP contribution in [-0.4, -0.2) is 16.2 Å². The van der Waals surface area contributed by atoms with Gasteiger partial charge in [0.2, 0.25) is 0 Å². The van der Waals surface area contributed by atoms with Crippen LogP contribution in [0.4, 0.5) is 0 Å². The summed E-state index contributed by atoms with van der Waals surface area (Å²) in [5.74, 6) is 2.06. The van der Waals surface area contributed by atoms with Gasteiger partial charge >= 0.3 is 5.97 Å². The fourth-order valence-electron chi connectivity index (χ4n) is 6.87. The van der Waals surface area contributed by atoms with E-state index in [0.717, 1.165) is 43.8 Å². The van der Waals surface area contributed by atoms with Crippen molar-refractivity contribution in [2.24, 2.45) is 17.8 Å². The maximum Gasteiger partial charge on any atom is 0.335 e. The highest BCUT2D eigenvalue weighted by Crippen LogP contribution is 2.62. The lowest BCUT2D eigenvalue weighted by Crippen LogP contribution is -2.48. The Hall–Kier alpha value is -2.33. The van der Waals surface area contributed by atoms with Gasteiger partial charge in [-0.1, -0.05) is 0 Å². The number of rotatable bonds is 3. The van der Waals surface area contributed by atoms with Crippen LogP contribution >= 0.6 is 11.3 Å². The minimum absolute atomic E-state index is 0.155. The molecule has 4 saturated carbocycles. The van der Waals surface area contributed by atoms with Gasteiger partial charge < -0.3 is 10.2 Å². The van der Waals surface area contributed by atoms with E-state index in [9.17, 15) is 15.0 Å². The number of aromatic carboxylic acids is 1. The van der Waals surface area contributed by atoms with E-state index in [1.54, 1.807) is 23.5 Å². The predicted molar refractivity (Wildman–Crippen MR) is 116 cm³/mol. The molecule has 4 heteroatoms. The highest BCUT2D eigenvalue weighted by atomic mass is 32.1. The summed E-state index contributed by atoms with van der Waals surface area (Å²) in [5, 5.41) is 21.0. The zero-order valence-corrected chi connectivity index (χ0v) is 17.0. The predicted octanol–water partition coefficient (Wildman–Crippen LogP) is 6.44. The van der Waals surface area contributed by atoms with E-state index in [-0.39, 0.29) is 5.41 Å².